The van der Waals surface area contributed by atoms with Gasteiger partial charge in [0.05, 0.1) is 45.2 Å². The Kier molecular flexibility index (Phi) is 11.3. The Hall–Kier alpha value is -4.67. The maximum atomic E-state index is 13.7. The van der Waals surface area contributed by atoms with Crippen molar-refractivity contribution in [2.45, 2.75) is 60.2 Å². The molecule has 3 aromatic carbocycles. The lowest BCUT2D eigenvalue weighted by molar-refractivity contribution is -0.0190. The molecule has 0 unspecified atom stereocenters. The van der Waals surface area contributed by atoms with Gasteiger partial charge >= 0.3 is 5.97 Å². The van der Waals surface area contributed by atoms with Gasteiger partial charge in [0.25, 0.3) is 0 Å². The minimum atomic E-state index is -0.891. The lowest BCUT2D eigenvalue weighted by atomic mass is 9.93. The highest BCUT2D eigenvalue weighted by molar-refractivity contribution is 5.91. The zero-order valence-electron chi connectivity index (χ0n) is 26.6. The van der Waals surface area contributed by atoms with E-state index in [2.05, 4.69) is 0 Å². The number of esters is 1. The third kappa shape index (κ3) is 7.53. The standard InChI is InChI=1S/C34H42O11/c1-7-38-22-17-26(39-8-2)23-19-30(45-34(37)21-14-25(36)33(43-12-6)29(16-21)41-10-4)31(44-27(23)18-22)20-13-24(35)32(42-11-5)28(15-20)40-9-3/h13-18,30-31,35-36H,7-12,19H2,1-6H3/t30-,31-/m1/s1. The smallest absolute Gasteiger partial charge is 0.338 e. The molecule has 0 amide bonds. The first-order chi connectivity index (χ1) is 21.8. The van der Waals surface area contributed by atoms with Crippen molar-refractivity contribution < 1.29 is 52.9 Å². The molecule has 0 fully saturated rings. The van der Waals surface area contributed by atoms with Crippen LogP contribution in [0.1, 0.15) is 69.1 Å². The molecule has 1 aliphatic heterocycles. The van der Waals surface area contributed by atoms with Crippen LogP contribution < -0.4 is 33.2 Å². The predicted molar refractivity (Wildman–Crippen MR) is 166 cm³/mol. The predicted octanol–water partition coefficient (Wildman–Crippen LogP) is 6.39. The zero-order chi connectivity index (χ0) is 32.5. The number of phenols is 2. The van der Waals surface area contributed by atoms with Crippen molar-refractivity contribution in [3.63, 3.8) is 0 Å². The van der Waals surface area contributed by atoms with Crippen molar-refractivity contribution in [2.24, 2.45) is 0 Å². The molecule has 0 aromatic heterocycles. The number of hydrogen-bond acceptors (Lipinski definition) is 11. The fraction of sp³-hybridized carbons (Fsp3) is 0.441. The van der Waals surface area contributed by atoms with Gasteiger partial charge in [-0.1, -0.05) is 0 Å². The number of carbonyl (C=O) groups excluding carboxylic acids is 1. The van der Waals surface area contributed by atoms with E-state index in [-0.39, 0.29) is 40.7 Å². The normalized spacial score (nSPS) is 15.3. The van der Waals surface area contributed by atoms with Crippen LogP contribution in [0, 0.1) is 0 Å². The van der Waals surface area contributed by atoms with Crippen LogP contribution in [0.15, 0.2) is 36.4 Å². The third-order valence-electron chi connectivity index (χ3n) is 6.84. The molecule has 0 bridgehead atoms. The van der Waals surface area contributed by atoms with E-state index in [0.29, 0.717) is 73.8 Å². The van der Waals surface area contributed by atoms with Gasteiger partial charge in [-0.05, 0) is 65.8 Å². The summed E-state index contributed by atoms with van der Waals surface area (Å²) in [6.07, 6.45) is -1.55. The van der Waals surface area contributed by atoms with Crippen LogP contribution in [0.25, 0.3) is 0 Å². The van der Waals surface area contributed by atoms with Gasteiger partial charge < -0.3 is 48.1 Å². The number of fused-ring (bicyclic) bond motifs is 1. The van der Waals surface area contributed by atoms with Crippen LogP contribution in [-0.4, -0.2) is 61.9 Å². The molecule has 0 radical (unpaired) electrons. The monoisotopic (exact) mass is 626 g/mol. The fourth-order valence-electron chi connectivity index (χ4n) is 5.13. The highest BCUT2D eigenvalue weighted by Gasteiger charge is 2.38. The van der Waals surface area contributed by atoms with E-state index in [1.807, 2.05) is 20.8 Å². The average Bonchev–Trinajstić information content (AvgIpc) is 3.01. The first kappa shape index (κ1) is 33.2. The SMILES string of the molecule is CCOc1cc(OCC)c2c(c1)O[C@H](c1cc(O)c(OCC)c(OCC)c1)[C@H](OC(=O)c1cc(O)c(OCC)c(OCC)c1)C2. The summed E-state index contributed by atoms with van der Waals surface area (Å²) in [6.45, 7) is 13.0. The van der Waals surface area contributed by atoms with E-state index in [9.17, 15) is 15.0 Å². The summed E-state index contributed by atoms with van der Waals surface area (Å²) < 4.78 is 47.0. The van der Waals surface area contributed by atoms with Crippen LogP contribution in [0.2, 0.25) is 0 Å². The van der Waals surface area contributed by atoms with Crippen molar-refractivity contribution in [1.29, 1.82) is 0 Å². The molecule has 0 saturated heterocycles. The lowest BCUT2D eigenvalue weighted by Crippen LogP contribution is -2.35. The van der Waals surface area contributed by atoms with Crippen LogP contribution in [0.3, 0.4) is 0 Å². The van der Waals surface area contributed by atoms with Gasteiger partial charge in [0.2, 0.25) is 11.5 Å². The van der Waals surface area contributed by atoms with Crippen LogP contribution >= 0.6 is 0 Å². The van der Waals surface area contributed by atoms with E-state index in [1.54, 1.807) is 39.0 Å². The van der Waals surface area contributed by atoms with Gasteiger partial charge in [0.1, 0.15) is 23.4 Å². The number of hydrogen-bond donors (Lipinski definition) is 2. The molecule has 244 valence electrons. The van der Waals surface area contributed by atoms with Crippen molar-refractivity contribution >= 4 is 5.97 Å². The molecule has 1 heterocycles. The molecule has 11 nitrogen and oxygen atoms in total. The van der Waals surface area contributed by atoms with Crippen molar-refractivity contribution in [3.05, 3.63) is 53.1 Å². The van der Waals surface area contributed by atoms with Gasteiger partial charge in [-0.15, -0.1) is 0 Å². The molecule has 3 aromatic rings. The van der Waals surface area contributed by atoms with Gasteiger partial charge in [0.15, 0.2) is 29.1 Å². The summed E-state index contributed by atoms with van der Waals surface area (Å²) in [6, 6.07) is 9.51. The maximum absolute atomic E-state index is 13.7. The molecular weight excluding hydrogens is 584 g/mol. The molecule has 0 spiro atoms. The van der Waals surface area contributed by atoms with Crippen molar-refractivity contribution in [1.82, 2.24) is 0 Å². The molecular formula is C34H42O11. The minimum absolute atomic E-state index is 0.0604. The Balaban J connectivity index is 1.80. The molecule has 1 aliphatic rings. The summed E-state index contributed by atoms with van der Waals surface area (Å²) in [5, 5.41) is 21.6. The number of benzene rings is 3. The van der Waals surface area contributed by atoms with Crippen LogP contribution in [0.5, 0.6) is 51.7 Å². The Morgan fingerprint density at radius 2 is 1.24 bits per heavy atom. The highest BCUT2D eigenvalue weighted by atomic mass is 16.6. The van der Waals surface area contributed by atoms with E-state index in [1.165, 1.54) is 18.2 Å². The number of aromatic hydroxyl groups is 2. The highest BCUT2D eigenvalue weighted by Crippen LogP contribution is 2.47. The largest absolute Gasteiger partial charge is 0.504 e. The molecule has 11 heteroatoms. The van der Waals surface area contributed by atoms with Gasteiger partial charge in [0, 0.05) is 29.7 Å². The first-order valence-corrected chi connectivity index (χ1v) is 15.3. The van der Waals surface area contributed by atoms with Crippen molar-refractivity contribution in [3.8, 4) is 51.7 Å². The Bertz CT molecular complexity index is 1470. The quantitative estimate of drug-likeness (QED) is 0.182. The number of rotatable bonds is 15. The van der Waals surface area contributed by atoms with E-state index < -0.39 is 18.2 Å². The topological polar surface area (TPSA) is 131 Å². The Morgan fingerprint density at radius 3 is 1.84 bits per heavy atom. The van der Waals surface area contributed by atoms with Crippen LogP contribution in [0.4, 0.5) is 0 Å². The second-order valence-electron chi connectivity index (χ2n) is 9.87. The molecule has 0 aliphatic carbocycles. The molecule has 4 rings (SSSR count). The van der Waals surface area contributed by atoms with Gasteiger partial charge in [-0.25, -0.2) is 4.79 Å². The first-order valence-electron chi connectivity index (χ1n) is 15.3. The van der Waals surface area contributed by atoms with Gasteiger partial charge in [-0.2, -0.15) is 0 Å². The second kappa shape index (κ2) is 15.4. The van der Waals surface area contributed by atoms with Crippen LogP contribution in [-0.2, 0) is 11.2 Å². The Labute approximate surface area is 263 Å². The minimum Gasteiger partial charge on any atom is -0.504 e. The van der Waals surface area contributed by atoms with E-state index in [0.717, 1.165) is 0 Å². The van der Waals surface area contributed by atoms with E-state index in [4.69, 9.17) is 37.9 Å². The third-order valence-corrected chi connectivity index (χ3v) is 6.84. The summed E-state index contributed by atoms with van der Waals surface area (Å²) in [5.74, 6) is 1.36. The fourth-order valence-corrected chi connectivity index (χ4v) is 5.13. The number of phenolic OH excluding ortho intramolecular Hbond substituents is 2. The number of carbonyl (C=O) groups is 1. The van der Waals surface area contributed by atoms with E-state index >= 15 is 0 Å². The zero-order valence-corrected chi connectivity index (χ0v) is 26.6. The average molecular weight is 627 g/mol. The molecule has 2 atom stereocenters. The lowest BCUT2D eigenvalue weighted by Gasteiger charge is -2.35. The summed E-state index contributed by atoms with van der Waals surface area (Å²) in [5.41, 5.74) is 1.25. The Morgan fingerprint density at radius 1 is 0.689 bits per heavy atom. The van der Waals surface area contributed by atoms with Crippen molar-refractivity contribution in [2.75, 3.05) is 39.6 Å². The summed E-state index contributed by atoms with van der Waals surface area (Å²) in [4.78, 5) is 13.7. The summed E-state index contributed by atoms with van der Waals surface area (Å²) in [7, 11) is 0. The summed E-state index contributed by atoms with van der Waals surface area (Å²) >= 11 is 0. The van der Waals surface area contributed by atoms with Gasteiger partial charge in [-0.3, -0.25) is 0 Å². The maximum Gasteiger partial charge on any atom is 0.338 e. The molecule has 0 saturated carbocycles. The molecule has 2 N–H and O–H groups in total. The second-order valence-corrected chi connectivity index (χ2v) is 9.87. The molecule has 45 heavy (non-hydrogen) atoms. The number of ether oxygens (including phenoxy) is 8.